The van der Waals surface area contributed by atoms with Crippen LogP contribution in [0.3, 0.4) is 0 Å². The lowest BCUT2D eigenvalue weighted by atomic mass is 10.2. The molecule has 1 aromatic carbocycles. The summed E-state index contributed by atoms with van der Waals surface area (Å²) in [7, 11) is 1.32. The number of nitrogens with one attached hydrogen (secondary N) is 1. The first-order chi connectivity index (χ1) is 10.5. The molecule has 0 radical (unpaired) electrons. The number of aliphatic hydroxyl groups excluding tert-OH is 1. The van der Waals surface area contributed by atoms with Crippen LogP contribution in [0.5, 0.6) is 5.75 Å². The van der Waals surface area contributed by atoms with Gasteiger partial charge in [-0.25, -0.2) is 9.78 Å². The summed E-state index contributed by atoms with van der Waals surface area (Å²) >= 11 is 1.44. The standard InChI is InChI=1S/C15H18N2O4S/c1-9-6-11(4-5-12(9)17-15(19)20-3)21-8-14-16-10(2)13(7-18)22-14/h4-6,18H,7-8H2,1-3H3,(H,17,19). The molecule has 2 N–H and O–H groups in total. The van der Waals surface area contributed by atoms with Gasteiger partial charge in [0.05, 0.1) is 24.3 Å². The zero-order valence-corrected chi connectivity index (χ0v) is 13.5. The van der Waals surface area contributed by atoms with Gasteiger partial charge in [-0.15, -0.1) is 11.3 Å². The first-order valence-corrected chi connectivity index (χ1v) is 7.49. The Morgan fingerprint density at radius 2 is 2.18 bits per heavy atom. The van der Waals surface area contributed by atoms with E-state index in [0.29, 0.717) is 18.0 Å². The monoisotopic (exact) mass is 322 g/mol. The SMILES string of the molecule is COC(=O)Nc1ccc(OCc2nc(C)c(CO)s2)cc1C. The Hall–Kier alpha value is -2.12. The quantitative estimate of drug-likeness (QED) is 0.884. The van der Waals surface area contributed by atoms with E-state index in [0.717, 1.165) is 21.1 Å². The maximum atomic E-state index is 11.2. The number of methoxy groups -OCH3 is 1. The van der Waals surface area contributed by atoms with Gasteiger partial charge >= 0.3 is 6.09 Å². The highest BCUT2D eigenvalue weighted by Gasteiger charge is 2.08. The third-order valence-corrected chi connectivity index (χ3v) is 4.18. The zero-order chi connectivity index (χ0) is 16.1. The highest BCUT2D eigenvalue weighted by atomic mass is 32.1. The number of benzene rings is 1. The minimum absolute atomic E-state index is 0.00347. The molecular formula is C15H18N2O4S. The van der Waals surface area contributed by atoms with Crippen molar-refractivity contribution in [2.45, 2.75) is 27.1 Å². The van der Waals surface area contributed by atoms with Gasteiger partial charge in [-0.05, 0) is 37.6 Å². The van der Waals surface area contributed by atoms with E-state index in [1.165, 1.54) is 18.4 Å². The second-order valence-electron chi connectivity index (χ2n) is 4.66. The van der Waals surface area contributed by atoms with Gasteiger partial charge < -0.3 is 14.6 Å². The van der Waals surface area contributed by atoms with Crippen molar-refractivity contribution >= 4 is 23.1 Å². The molecule has 1 aromatic heterocycles. The Bertz CT molecular complexity index is 670. The van der Waals surface area contributed by atoms with Gasteiger partial charge in [-0.2, -0.15) is 0 Å². The number of hydrogen-bond donors (Lipinski definition) is 2. The summed E-state index contributed by atoms with van der Waals surface area (Å²) in [5, 5.41) is 12.6. The van der Waals surface area contributed by atoms with Crippen LogP contribution < -0.4 is 10.1 Å². The largest absolute Gasteiger partial charge is 0.486 e. The maximum Gasteiger partial charge on any atom is 0.411 e. The summed E-state index contributed by atoms with van der Waals surface area (Å²) in [6, 6.07) is 5.36. The van der Waals surface area contributed by atoms with Crippen LogP contribution >= 0.6 is 11.3 Å². The smallest absolute Gasteiger partial charge is 0.411 e. The van der Waals surface area contributed by atoms with Crippen molar-refractivity contribution in [1.29, 1.82) is 0 Å². The van der Waals surface area contributed by atoms with Crippen molar-refractivity contribution in [3.05, 3.63) is 39.3 Å². The van der Waals surface area contributed by atoms with E-state index in [4.69, 9.17) is 9.84 Å². The summed E-state index contributed by atoms with van der Waals surface area (Å²) in [6.45, 7) is 4.07. The molecule has 0 unspecified atom stereocenters. The van der Waals surface area contributed by atoms with Crippen LogP contribution in [0.1, 0.15) is 21.1 Å². The van der Waals surface area contributed by atoms with Gasteiger partial charge in [0.15, 0.2) is 0 Å². The van der Waals surface area contributed by atoms with Crippen LogP contribution in [-0.2, 0) is 18.0 Å². The lowest BCUT2D eigenvalue weighted by Gasteiger charge is -2.10. The Morgan fingerprint density at radius 1 is 1.41 bits per heavy atom. The fourth-order valence-electron chi connectivity index (χ4n) is 1.87. The topological polar surface area (TPSA) is 80.7 Å². The van der Waals surface area contributed by atoms with E-state index in [1.54, 1.807) is 12.1 Å². The van der Waals surface area contributed by atoms with Crippen molar-refractivity contribution in [2.24, 2.45) is 0 Å². The van der Waals surface area contributed by atoms with Gasteiger partial charge in [0.1, 0.15) is 17.4 Å². The minimum Gasteiger partial charge on any atom is -0.486 e. The third-order valence-electron chi connectivity index (χ3n) is 3.06. The Kier molecular flexibility index (Phi) is 5.35. The second-order valence-corrected chi connectivity index (χ2v) is 5.82. The molecule has 0 aliphatic rings. The molecule has 0 atom stereocenters. The predicted molar refractivity (Wildman–Crippen MR) is 84.3 cm³/mol. The molecule has 1 heterocycles. The van der Waals surface area contributed by atoms with Gasteiger partial charge in [0.25, 0.3) is 0 Å². The number of aryl methyl sites for hydroxylation is 2. The lowest BCUT2D eigenvalue weighted by molar-refractivity contribution is 0.187. The minimum atomic E-state index is -0.508. The highest BCUT2D eigenvalue weighted by Crippen LogP contribution is 2.24. The van der Waals surface area contributed by atoms with Gasteiger partial charge in [-0.1, -0.05) is 0 Å². The average Bonchev–Trinajstić information content (AvgIpc) is 2.87. The molecule has 2 aromatic rings. The molecule has 0 aliphatic heterocycles. The molecule has 118 valence electrons. The number of nitrogens with zero attached hydrogens (tertiary/aromatic N) is 1. The number of ether oxygens (including phenoxy) is 2. The normalized spacial score (nSPS) is 10.4. The van der Waals surface area contributed by atoms with Gasteiger partial charge in [0.2, 0.25) is 0 Å². The van der Waals surface area contributed by atoms with Gasteiger partial charge in [-0.3, -0.25) is 5.32 Å². The third kappa shape index (κ3) is 3.96. The van der Waals surface area contributed by atoms with Crippen LogP contribution in [0.2, 0.25) is 0 Å². The van der Waals surface area contributed by atoms with Crippen molar-refractivity contribution in [3.63, 3.8) is 0 Å². The first-order valence-electron chi connectivity index (χ1n) is 6.68. The van der Waals surface area contributed by atoms with E-state index in [1.807, 2.05) is 19.9 Å². The van der Waals surface area contributed by atoms with Gasteiger partial charge in [0, 0.05) is 5.69 Å². The summed E-state index contributed by atoms with van der Waals surface area (Å²) in [5.74, 6) is 0.686. The number of aromatic nitrogens is 1. The van der Waals surface area contributed by atoms with E-state index in [9.17, 15) is 4.79 Å². The van der Waals surface area contributed by atoms with Crippen LogP contribution in [0.15, 0.2) is 18.2 Å². The Labute approximate surface area is 132 Å². The lowest BCUT2D eigenvalue weighted by Crippen LogP contribution is -2.11. The van der Waals surface area contributed by atoms with E-state index < -0.39 is 6.09 Å². The van der Waals surface area contributed by atoms with E-state index >= 15 is 0 Å². The van der Waals surface area contributed by atoms with Crippen molar-refractivity contribution in [3.8, 4) is 5.75 Å². The molecule has 0 spiro atoms. The average molecular weight is 322 g/mol. The molecular weight excluding hydrogens is 304 g/mol. The van der Waals surface area contributed by atoms with Crippen LogP contribution in [0.25, 0.3) is 0 Å². The fraction of sp³-hybridized carbons (Fsp3) is 0.333. The first kappa shape index (κ1) is 16.3. The van der Waals surface area contributed by atoms with Crippen LogP contribution in [0.4, 0.5) is 10.5 Å². The predicted octanol–water partition coefficient (Wildman–Crippen LogP) is 3.01. The van der Waals surface area contributed by atoms with E-state index in [-0.39, 0.29) is 6.61 Å². The molecule has 22 heavy (non-hydrogen) atoms. The summed E-state index contributed by atoms with van der Waals surface area (Å²) in [4.78, 5) is 16.4. The number of hydrogen-bond acceptors (Lipinski definition) is 6. The zero-order valence-electron chi connectivity index (χ0n) is 12.7. The highest BCUT2D eigenvalue weighted by molar-refractivity contribution is 7.11. The molecule has 0 saturated carbocycles. The van der Waals surface area contributed by atoms with Crippen molar-refractivity contribution in [1.82, 2.24) is 4.98 Å². The number of rotatable bonds is 5. The summed E-state index contributed by atoms with van der Waals surface area (Å²) in [6.07, 6.45) is -0.508. The molecule has 1 amide bonds. The maximum absolute atomic E-state index is 11.2. The molecule has 0 bridgehead atoms. The number of carbonyl (C=O) groups is 1. The number of anilines is 1. The van der Waals surface area contributed by atoms with Crippen LogP contribution in [-0.4, -0.2) is 23.3 Å². The molecule has 0 fully saturated rings. The number of carbonyl (C=O) groups excluding carboxylic acids is 1. The fourth-order valence-corrected chi connectivity index (χ4v) is 2.71. The van der Waals surface area contributed by atoms with Crippen LogP contribution in [0, 0.1) is 13.8 Å². The second kappa shape index (κ2) is 7.24. The molecule has 2 rings (SSSR count). The molecule has 0 aliphatic carbocycles. The summed E-state index contributed by atoms with van der Waals surface area (Å²) < 4.78 is 10.3. The molecule has 0 saturated heterocycles. The van der Waals surface area contributed by atoms with Crippen molar-refractivity contribution < 1.29 is 19.4 Å². The summed E-state index contributed by atoms with van der Waals surface area (Å²) in [5.41, 5.74) is 2.38. The van der Waals surface area contributed by atoms with Crippen molar-refractivity contribution in [2.75, 3.05) is 12.4 Å². The number of thiazole rings is 1. The molecule has 7 heteroatoms. The Balaban J connectivity index is 2.01. The number of aliphatic hydroxyl groups is 1. The Morgan fingerprint density at radius 3 is 2.77 bits per heavy atom. The molecule has 6 nitrogen and oxygen atoms in total. The van der Waals surface area contributed by atoms with E-state index in [2.05, 4.69) is 15.0 Å². The number of amides is 1.